The van der Waals surface area contributed by atoms with Gasteiger partial charge in [-0.1, -0.05) is 52.3 Å². The normalized spacial score (nSPS) is 27.7. The predicted molar refractivity (Wildman–Crippen MR) is 109 cm³/mol. The third-order valence-electron chi connectivity index (χ3n) is 4.87. The van der Waals surface area contributed by atoms with E-state index in [9.17, 15) is 18.0 Å². The van der Waals surface area contributed by atoms with E-state index >= 15 is 0 Å². The van der Waals surface area contributed by atoms with E-state index in [-0.39, 0.29) is 32.6 Å². The number of aliphatic imine (C=N–C) groups is 1. The summed E-state index contributed by atoms with van der Waals surface area (Å²) in [6.45, 7) is 0. The Morgan fingerprint density at radius 1 is 1.27 bits per heavy atom. The van der Waals surface area contributed by atoms with Gasteiger partial charge in [-0.15, -0.1) is 0 Å². The highest BCUT2D eigenvalue weighted by molar-refractivity contribution is 8.04. The summed E-state index contributed by atoms with van der Waals surface area (Å²) in [7, 11) is 1.26. The number of thioether (sulfide) groups is 1. The van der Waals surface area contributed by atoms with Crippen molar-refractivity contribution < 1.29 is 27.5 Å². The Morgan fingerprint density at radius 2 is 1.97 bits per heavy atom. The largest absolute Gasteiger partial charge is 0.465 e. The lowest BCUT2D eigenvalue weighted by Crippen LogP contribution is -2.42. The standard InChI is InChI=1S/C19H13Cl2F3N2O3S/c1-28-17(27)10-2-9-3-15(30-16(9)25-8-10)14-7-18(29-26-14,19(22,23)24)11-4-12(20)6-13(21)5-11/h2-6,8-9,16H,7H2,1H3. The summed E-state index contributed by atoms with van der Waals surface area (Å²) in [5.41, 5.74) is -2.48. The highest BCUT2D eigenvalue weighted by Gasteiger charge is 2.62. The zero-order valence-corrected chi connectivity index (χ0v) is 17.6. The minimum atomic E-state index is -4.76. The van der Waals surface area contributed by atoms with Crippen LogP contribution in [-0.2, 0) is 20.0 Å². The van der Waals surface area contributed by atoms with E-state index in [2.05, 4.69) is 14.9 Å². The summed E-state index contributed by atoms with van der Waals surface area (Å²) < 4.78 is 47.0. The Kier molecular flexibility index (Phi) is 5.40. The number of methoxy groups -OCH3 is 1. The molecule has 4 rings (SSSR count). The van der Waals surface area contributed by atoms with Gasteiger partial charge in [-0.3, -0.25) is 4.99 Å². The second-order valence-electron chi connectivity index (χ2n) is 6.80. The van der Waals surface area contributed by atoms with E-state index in [1.165, 1.54) is 43.3 Å². The molecular formula is C19H13Cl2F3N2O3S. The molecule has 0 saturated carbocycles. The number of halogens is 5. The molecule has 0 spiro atoms. The predicted octanol–water partition coefficient (Wildman–Crippen LogP) is 5.28. The van der Waals surface area contributed by atoms with Gasteiger partial charge in [-0.05, 0) is 18.2 Å². The van der Waals surface area contributed by atoms with Crippen LogP contribution in [0.1, 0.15) is 12.0 Å². The van der Waals surface area contributed by atoms with E-state index in [1.807, 2.05) is 0 Å². The molecule has 0 fully saturated rings. The number of hydrogen-bond donors (Lipinski definition) is 0. The van der Waals surface area contributed by atoms with Gasteiger partial charge in [-0.2, -0.15) is 13.2 Å². The molecule has 30 heavy (non-hydrogen) atoms. The van der Waals surface area contributed by atoms with Crippen molar-refractivity contribution >= 4 is 52.9 Å². The number of oxime groups is 1. The van der Waals surface area contributed by atoms with Gasteiger partial charge in [0.25, 0.3) is 5.60 Å². The van der Waals surface area contributed by atoms with Crippen LogP contribution in [0.2, 0.25) is 10.0 Å². The van der Waals surface area contributed by atoms with Crippen molar-refractivity contribution in [2.24, 2.45) is 16.1 Å². The van der Waals surface area contributed by atoms with Crippen LogP contribution in [0.15, 0.2) is 51.0 Å². The number of nitrogens with zero attached hydrogens (tertiary/aromatic N) is 2. The lowest BCUT2D eigenvalue weighted by Gasteiger charge is -2.29. The first-order chi connectivity index (χ1) is 14.1. The van der Waals surface area contributed by atoms with Crippen molar-refractivity contribution in [1.29, 1.82) is 0 Å². The first kappa shape index (κ1) is 21.3. The molecule has 3 unspecified atom stereocenters. The lowest BCUT2D eigenvalue weighted by molar-refractivity contribution is -0.275. The van der Waals surface area contributed by atoms with Crippen LogP contribution < -0.4 is 0 Å². The maximum Gasteiger partial charge on any atom is 0.435 e. The Hall–Kier alpha value is -1.97. The maximum absolute atomic E-state index is 14.1. The van der Waals surface area contributed by atoms with Gasteiger partial charge in [-0.25, -0.2) is 4.79 Å². The van der Waals surface area contributed by atoms with Crippen molar-refractivity contribution in [2.45, 2.75) is 23.6 Å². The number of dihydropyridines is 1. The fraction of sp³-hybridized carbons (Fsp3) is 0.316. The molecule has 0 saturated heterocycles. The number of rotatable bonds is 3. The molecule has 3 aliphatic rings. The Balaban J connectivity index is 1.63. The highest BCUT2D eigenvalue weighted by atomic mass is 35.5. The number of hydrogen-bond acceptors (Lipinski definition) is 6. The SMILES string of the molecule is COC(=O)C1=CC2C=C(C3=NOC(c4cc(Cl)cc(Cl)c4)(C(F)(F)F)C3)SC2N=C1. The van der Waals surface area contributed by atoms with E-state index in [0.29, 0.717) is 10.5 Å². The molecule has 1 aromatic carbocycles. The molecule has 3 heterocycles. The van der Waals surface area contributed by atoms with Crippen molar-refractivity contribution in [3.63, 3.8) is 0 Å². The number of benzene rings is 1. The molecule has 5 nitrogen and oxygen atoms in total. The van der Waals surface area contributed by atoms with Gasteiger partial charge in [0.1, 0.15) is 5.37 Å². The van der Waals surface area contributed by atoms with Crippen LogP contribution in [-0.4, -0.2) is 36.6 Å². The molecule has 11 heteroatoms. The molecule has 0 aliphatic carbocycles. The second-order valence-corrected chi connectivity index (χ2v) is 8.83. The summed E-state index contributed by atoms with van der Waals surface area (Å²) in [4.78, 5) is 21.5. The minimum absolute atomic E-state index is 0.0634. The summed E-state index contributed by atoms with van der Waals surface area (Å²) in [5.74, 6) is -0.798. The number of carbonyl (C=O) groups is 1. The average Bonchev–Trinajstić information content (AvgIpc) is 3.30. The third-order valence-corrected chi connectivity index (χ3v) is 6.61. The molecule has 1 aromatic rings. The number of fused-ring (bicyclic) bond motifs is 1. The molecule has 3 aliphatic heterocycles. The van der Waals surface area contributed by atoms with Gasteiger partial charge in [0, 0.05) is 32.6 Å². The van der Waals surface area contributed by atoms with Crippen molar-refractivity contribution in [2.75, 3.05) is 7.11 Å². The first-order valence-corrected chi connectivity index (χ1v) is 10.3. The van der Waals surface area contributed by atoms with Crippen LogP contribution in [0.4, 0.5) is 13.2 Å². The fourth-order valence-electron chi connectivity index (χ4n) is 3.40. The Labute approximate surface area is 183 Å². The molecular weight excluding hydrogens is 464 g/mol. The topological polar surface area (TPSA) is 60.2 Å². The van der Waals surface area contributed by atoms with Crippen LogP contribution in [0, 0.1) is 5.92 Å². The smallest absolute Gasteiger partial charge is 0.435 e. The van der Waals surface area contributed by atoms with Gasteiger partial charge in [0.2, 0.25) is 0 Å². The van der Waals surface area contributed by atoms with E-state index in [4.69, 9.17) is 28.0 Å². The first-order valence-electron chi connectivity index (χ1n) is 8.63. The van der Waals surface area contributed by atoms with Crippen molar-refractivity contribution in [1.82, 2.24) is 0 Å². The number of carbonyl (C=O) groups excluding carboxylic acids is 1. The third kappa shape index (κ3) is 3.63. The molecule has 0 radical (unpaired) electrons. The quantitative estimate of drug-likeness (QED) is 0.556. The minimum Gasteiger partial charge on any atom is -0.465 e. The maximum atomic E-state index is 14.1. The monoisotopic (exact) mass is 476 g/mol. The van der Waals surface area contributed by atoms with Crippen molar-refractivity contribution in [3.8, 4) is 0 Å². The summed E-state index contributed by atoms with van der Waals surface area (Å²) in [6.07, 6.45) is -0.499. The average molecular weight is 477 g/mol. The van der Waals surface area contributed by atoms with Crippen LogP contribution >= 0.6 is 35.0 Å². The van der Waals surface area contributed by atoms with Gasteiger partial charge in [0.15, 0.2) is 0 Å². The lowest BCUT2D eigenvalue weighted by atomic mass is 9.87. The second kappa shape index (κ2) is 7.62. The summed E-state index contributed by atoms with van der Waals surface area (Å²) in [6, 6.07) is 3.69. The van der Waals surface area contributed by atoms with Crippen LogP contribution in [0.25, 0.3) is 0 Å². The van der Waals surface area contributed by atoms with Gasteiger partial charge < -0.3 is 9.57 Å². The molecule has 0 bridgehead atoms. The van der Waals surface area contributed by atoms with E-state index in [1.54, 1.807) is 12.2 Å². The number of ether oxygens (including phenoxy) is 1. The zero-order valence-electron chi connectivity index (χ0n) is 15.2. The fourth-order valence-corrected chi connectivity index (χ4v) is 5.10. The van der Waals surface area contributed by atoms with Crippen LogP contribution in [0.3, 0.4) is 0 Å². The summed E-state index contributed by atoms with van der Waals surface area (Å²) in [5, 5.41) is 3.59. The van der Waals surface area contributed by atoms with E-state index < -0.39 is 24.2 Å². The highest BCUT2D eigenvalue weighted by Crippen LogP contribution is 2.52. The Bertz CT molecular complexity index is 1020. The number of alkyl halides is 3. The van der Waals surface area contributed by atoms with Crippen LogP contribution in [0.5, 0.6) is 0 Å². The molecule has 0 aromatic heterocycles. The molecule has 3 atom stereocenters. The number of esters is 1. The van der Waals surface area contributed by atoms with Crippen molar-refractivity contribution in [3.05, 3.63) is 56.4 Å². The van der Waals surface area contributed by atoms with E-state index in [0.717, 1.165) is 0 Å². The summed E-state index contributed by atoms with van der Waals surface area (Å²) >= 11 is 13.1. The van der Waals surface area contributed by atoms with Gasteiger partial charge >= 0.3 is 12.1 Å². The molecule has 158 valence electrons. The zero-order chi connectivity index (χ0) is 21.7. The van der Waals surface area contributed by atoms with Gasteiger partial charge in [0.05, 0.1) is 24.8 Å². The molecule has 0 amide bonds. The Morgan fingerprint density at radius 3 is 2.60 bits per heavy atom. The molecule has 0 N–H and O–H groups in total. The number of allylic oxidation sites excluding steroid dienone is 1.